The number of ether oxygens (including phenoxy) is 1. The van der Waals surface area contributed by atoms with Crippen molar-refractivity contribution in [3.8, 4) is 44.9 Å². The van der Waals surface area contributed by atoms with Gasteiger partial charge in [-0.2, -0.15) is 0 Å². The van der Waals surface area contributed by atoms with Crippen molar-refractivity contribution in [2.45, 2.75) is 0 Å². The lowest BCUT2D eigenvalue weighted by Gasteiger charge is -2.24. The summed E-state index contributed by atoms with van der Waals surface area (Å²) in [6.45, 7) is 0. The van der Waals surface area contributed by atoms with Crippen molar-refractivity contribution in [3.05, 3.63) is 158 Å². The molecular weight excluding hydrogens is 544 g/mol. The minimum absolute atomic E-state index is 0.914. The molecule has 0 aliphatic carbocycles. The molecular formula is C44H26O. The van der Waals surface area contributed by atoms with Crippen LogP contribution >= 0.6 is 0 Å². The van der Waals surface area contributed by atoms with E-state index < -0.39 is 0 Å². The Morgan fingerprint density at radius 3 is 1.93 bits per heavy atom. The van der Waals surface area contributed by atoms with E-state index >= 15 is 0 Å². The van der Waals surface area contributed by atoms with Crippen LogP contribution in [0.25, 0.3) is 87.2 Å². The Balaban J connectivity index is 1.24. The standard InChI is InChI=1S/C44H26O/c1-2-11-29(12-3-1)42-37-21-19-27-9-4-6-13-32(27)40(37)26-31-18-17-30(25-39(31)42)33-23-24-41-43-35(33)15-8-16-36(43)38-22-20-28-10-5-7-14-34(28)44(38)45-41/h1-26H. The first-order valence-corrected chi connectivity index (χ1v) is 15.5. The molecule has 1 heterocycles. The van der Waals surface area contributed by atoms with E-state index in [4.69, 9.17) is 4.74 Å². The molecule has 0 amide bonds. The van der Waals surface area contributed by atoms with Crippen LogP contribution in [0.5, 0.6) is 11.5 Å². The molecule has 0 saturated heterocycles. The van der Waals surface area contributed by atoms with Crippen LogP contribution in [0.3, 0.4) is 0 Å². The Morgan fingerprint density at radius 2 is 1.04 bits per heavy atom. The van der Waals surface area contributed by atoms with Crippen LogP contribution in [0.1, 0.15) is 0 Å². The SMILES string of the molecule is c1ccc(-c2c3cc(-c4ccc5c6c(cccc46)-c4ccc6ccccc6c4O5)ccc3cc3c2ccc2ccccc23)cc1. The van der Waals surface area contributed by atoms with Gasteiger partial charge in [0.25, 0.3) is 0 Å². The first-order valence-electron chi connectivity index (χ1n) is 15.5. The van der Waals surface area contributed by atoms with Gasteiger partial charge in [-0.3, -0.25) is 0 Å². The molecule has 1 heteroatoms. The first-order chi connectivity index (χ1) is 22.3. The van der Waals surface area contributed by atoms with Gasteiger partial charge in [0.2, 0.25) is 0 Å². The zero-order valence-electron chi connectivity index (χ0n) is 24.4. The van der Waals surface area contributed by atoms with Crippen LogP contribution in [0.2, 0.25) is 0 Å². The summed E-state index contributed by atoms with van der Waals surface area (Å²) in [5, 5.41) is 12.3. The van der Waals surface area contributed by atoms with Crippen LogP contribution < -0.4 is 4.74 Å². The smallest absolute Gasteiger partial charge is 0.143 e. The van der Waals surface area contributed by atoms with E-state index in [2.05, 4.69) is 158 Å². The molecule has 1 aliphatic rings. The molecule has 10 rings (SSSR count). The predicted octanol–water partition coefficient (Wildman–Crippen LogP) is 12.6. The third-order valence-corrected chi connectivity index (χ3v) is 9.62. The molecule has 0 saturated carbocycles. The highest BCUT2D eigenvalue weighted by atomic mass is 16.5. The van der Waals surface area contributed by atoms with Gasteiger partial charge in [-0.15, -0.1) is 0 Å². The maximum Gasteiger partial charge on any atom is 0.143 e. The summed E-state index contributed by atoms with van der Waals surface area (Å²) in [5.41, 5.74) is 7.29. The summed E-state index contributed by atoms with van der Waals surface area (Å²) in [6, 6.07) is 57.3. The molecule has 1 nitrogen and oxygen atoms in total. The Morgan fingerprint density at radius 1 is 0.333 bits per heavy atom. The molecule has 208 valence electrons. The fourth-order valence-electron chi connectivity index (χ4n) is 7.56. The van der Waals surface area contributed by atoms with E-state index in [1.54, 1.807) is 0 Å². The van der Waals surface area contributed by atoms with E-state index in [9.17, 15) is 0 Å². The molecule has 0 radical (unpaired) electrons. The lowest BCUT2D eigenvalue weighted by molar-refractivity contribution is 0.493. The number of hydrogen-bond acceptors (Lipinski definition) is 1. The van der Waals surface area contributed by atoms with Gasteiger partial charge < -0.3 is 4.74 Å². The lowest BCUT2D eigenvalue weighted by Crippen LogP contribution is -1.98. The zero-order valence-corrected chi connectivity index (χ0v) is 24.4. The quantitative estimate of drug-likeness (QED) is 0.148. The van der Waals surface area contributed by atoms with Gasteiger partial charge >= 0.3 is 0 Å². The van der Waals surface area contributed by atoms with Crippen LogP contribution in [0.15, 0.2) is 158 Å². The summed E-state index contributed by atoms with van der Waals surface area (Å²) in [6.07, 6.45) is 0. The average molecular weight is 571 g/mol. The third kappa shape index (κ3) is 3.56. The highest BCUT2D eigenvalue weighted by Gasteiger charge is 2.23. The fraction of sp³-hybridized carbons (Fsp3) is 0. The van der Waals surface area contributed by atoms with Gasteiger partial charge in [-0.25, -0.2) is 0 Å². The largest absolute Gasteiger partial charge is 0.455 e. The number of fused-ring (bicyclic) bond motifs is 8. The van der Waals surface area contributed by atoms with Crippen LogP contribution in [0.4, 0.5) is 0 Å². The van der Waals surface area contributed by atoms with Crippen LogP contribution in [0, 0.1) is 0 Å². The molecule has 0 N–H and O–H groups in total. The summed E-state index contributed by atoms with van der Waals surface area (Å²) in [5.74, 6) is 1.86. The van der Waals surface area contributed by atoms with Crippen molar-refractivity contribution in [1.29, 1.82) is 0 Å². The summed E-state index contributed by atoms with van der Waals surface area (Å²) >= 11 is 0. The third-order valence-electron chi connectivity index (χ3n) is 9.62. The van der Waals surface area contributed by atoms with Gasteiger partial charge in [0.05, 0.1) is 0 Å². The first kappa shape index (κ1) is 24.5. The molecule has 9 aromatic rings. The second kappa shape index (κ2) is 9.29. The second-order valence-electron chi connectivity index (χ2n) is 12.0. The maximum atomic E-state index is 6.68. The molecule has 0 spiro atoms. The zero-order chi connectivity index (χ0) is 29.5. The molecule has 0 aromatic heterocycles. The van der Waals surface area contributed by atoms with E-state index in [1.807, 2.05) is 0 Å². The second-order valence-corrected chi connectivity index (χ2v) is 12.0. The number of benzene rings is 9. The minimum Gasteiger partial charge on any atom is -0.455 e. The van der Waals surface area contributed by atoms with Gasteiger partial charge in [0.1, 0.15) is 11.5 Å². The molecule has 1 aliphatic heterocycles. The van der Waals surface area contributed by atoms with Crippen molar-refractivity contribution < 1.29 is 4.74 Å². The number of rotatable bonds is 2. The van der Waals surface area contributed by atoms with E-state index in [0.717, 1.165) is 22.4 Å². The van der Waals surface area contributed by atoms with Crippen molar-refractivity contribution in [2.75, 3.05) is 0 Å². The van der Waals surface area contributed by atoms with Gasteiger partial charge in [-0.05, 0) is 95.2 Å². The average Bonchev–Trinajstić information content (AvgIpc) is 3.11. The van der Waals surface area contributed by atoms with Crippen molar-refractivity contribution in [1.82, 2.24) is 0 Å². The topological polar surface area (TPSA) is 9.23 Å². The minimum atomic E-state index is 0.914. The lowest BCUT2D eigenvalue weighted by atomic mass is 9.86. The highest BCUT2D eigenvalue weighted by molar-refractivity contribution is 6.21. The molecule has 0 atom stereocenters. The van der Waals surface area contributed by atoms with Gasteiger partial charge in [0, 0.05) is 16.3 Å². The Hall–Kier alpha value is -5.92. The van der Waals surface area contributed by atoms with Crippen LogP contribution in [-0.4, -0.2) is 0 Å². The predicted molar refractivity (Wildman–Crippen MR) is 190 cm³/mol. The van der Waals surface area contributed by atoms with Crippen LogP contribution in [-0.2, 0) is 0 Å². The monoisotopic (exact) mass is 570 g/mol. The van der Waals surface area contributed by atoms with Crippen molar-refractivity contribution >= 4 is 53.9 Å². The molecule has 0 unspecified atom stereocenters. The fourth-order valence-corrected chi connectivity index (χ4v) is 7.56. The molecule has 45 heavy (non-hydrogen) atoms. The summed E-state index contributed by atoms with van der Waals surface area (Å²) in [7, 11) is 0. The number of hydrogen-bond donors (Lipinski definition) is 0. The van der Waals surface area contributed by atoms with Gasteiger partial charge in [0.15, 0.2) is 0 Å². The molecule has 9 aromatic carbocycles. The summed E-state index contributed by atoms with van der Waals surface area (Å²) < 4.78 is 6.68. The van der Waals surface area contributed by atoms with Crippen molar-refractivity contribution in [3.63, 3.8) is 0 Å². The van der Waals surface area contributed by atoms with Gasteiger partial charge in [-0.1, -0.05) is 133 Å². The Kier molecular flexibility index (Phi) is 5.06. The molecule has 0 bridgehead atoms. The van der Waals surface area contributed by atoms with E-state index in [1.165, 1.54) is 76.3 Å². The van der Waals surface area contributed by atoms with Crippen molar-refractivity contribution in [2.24, 2.45) is 0 Å². The Labute approximate surface area is 260 Å². The molecule has 0 fully saturated rings. The summed E-state index contributed by atoms with van der Waals surface area (Å²) in [4.78, 5) is 0. The normalized spacial score (nSPS) is 12.2. The highest BCUT2D eigenvalue weighted by Crippen LogP contribution is 2.51. The maximum absolute atomic E-state index is 6.68. The van der Waals surface area contributed by atoms with E-state index in [0.29, 0.717) is 0 Å². The van der Waals surface area contributed by atoms with E-state index in [-0.39, 0.29) is 0 Å². The Bertz CT molecular complexity index is 2670.